The second kappa shape index (κ2) is 11.8. The highest BCUT2D eigenvalue weighted by atomic mass is 35.5. The molecule has 8 heteroatoms. The molecule has 31 heavy (non-hydrogen) atoms. The summed E-state index contributed by atoms with van der Waals surface area (Å²) < 4.78 is 11.1. The van der Waals surface area contributed by atoms with Gasteiger partial charge < -0.3 is 19.5 Å². The predicted octanol–water partition coefficient (Wildman–Crippen LogP) is 3.63. The lowest BCUT2D eigenvalue weighted by atomic mass is 10.0. The number of aliphatic hydroxyl groups excluding tert-OH is 1. The summed E-state index contributed by atoms with van der Waals surface area (Å²) in [5, 5.41) is 12.9. The van der Waals surface area contributed by atoms with Gasteiger partial charge in [-0.3, -0.25) is 9.69 Å². The fourth-order valence-corrected chi connectivity index (χ4v) is 5.01. The molecule has 0 aliphatic carbocycles. The third-order valence-corrected chi connectivity index (χ3v) is 6.61. The van der Waals surface area contributed by atoms with Gasteiger partial charge in [-0.25, -0.2) is 0 Å². The molecule has 1 aromatic carbocycles. The summed E-state index contributed by atoms with van der Waals surface area (Å²) in [6.45, 7) is 4.81. The van der Waals surface area contributed by atoms with Crippen molar-refractivity contribution in [2.75, 3.05) is 46.5 Å². The molecule has 1 aromatic heterocycles. The van der Waals surface area contributed by atoms with Crippen molar-refractivity contribution in [2.24, 2.45) is 0 Å². The number of halogens is 1. The molecule has 0 radical (unpaired) electrons. The lowest BCUT2D eigenvalue weighted by Gasteiger charge is -2.37. The highest BCUT2D eigenvalue weighted by Gasteiger charge is 2.33. The first-order chi connectivity index (χ1) is 15.0. The van der Waals surface area contributed by atoms with E-state index >= 15 is 0 Å². The van der Waals surface area contributed by atoms with Crippen LogP contribution in [0.2, 0.25) is 5.02 Å². The summed E-state index contributed by atoms with van der Waals surface area (Å²) in [5.74, 6) is 0.786. The lowest BCUT2D eigenvalue weighted by molar-refractivity contribution is -0.136. The van der Waals surface area contributed by atoms with E-state index in [1.807, 2.05) is 21.9 Å². The topological polar surface area (TPSA) is 62.2 Å². The highest BCUT2D eigenvalue weighted by molar-refractivity contribution is 7.10. The Kier molecular flexibility index (Phi) is 9.16. The first-order valence-corrected chi connectivity index (χ1v) is 11.9. The van der Waals surface area contributed by atoms with Gasteiger partial charge in [0.1, 0.15) is 12.4 Å². The summed E-state index contributed by atoms with van der Waals surface area (Å²) in [7, 11) is 1.57. The molecule has 6 nitrogen and oxygen atoms in total. The lowest BCUT2D eigenvalue weighted by Crippen LogP contribution is -2.48. The number of carbonyl (C=O) groups is 1. The normalized spacial score (nSPS) is 16.9. The number of hydrogen-bond donors (Lipinski definition) is 1. The number of aliphatic hydroxyl groups is 1. The third kappa shape index (κ3) is 6.67. The highest BCUT2D eigenvalue weighted by Crippen LogP contribution is 2.34. The SMILES string of the molecule is CCCN(CC(=O)N1CCc2sccc2[C@@H]1COc1ccc(Cl)cc1)C[C@H](O)COC. The number of hydrogen-bond acceptors (Lipinski definition) is 6. The number of benzene rings is 1. The minimum absolute atomic E-state index is 0.0552. The Morgan fingerprint density at radius 3 is 2.84 bits per heavy atom. The zero-order valence-electron chi connectivity index (χ0n) is 18.1. The zero-order valence-corrected chi connectivity index (χ0v) is 19.7. The number of nitrogens with zero attached hydrogens (tertiary/aromatic N) is 2. The molecule has 1 amide bonds. The maximum atomic E-state index is 13.3. The minimum atomic E-state index is -0.613. The van der Waals surface area contributed by atoms with Crippen molar-refractivity contribution < 1.29 is 19.4 Å². The van der Waals surface area contributed by atoms with E-state index < -0.39 is 6.10 Å². The molecule has 2 atom stereocenters. The van der Waals surface area contributed by atoms with Crippen LogP contribution in [0.3, 0.4) is 0 Å². The van der Waals surface area contributed by atoms with Gasteiger partial charge >= 0.3 is 0 Å². The molecule has 2 heterocycles. The van der Waals surface area contributed by atoms with Crippen molar-refractivity contribution in [2.45, 2.75) is 31.9 Å². The average molecular weight is 467 g/mol. The molecule has 0 spiro atoms. The molecule has 0 saturated heterocycles. The van der Waals surface area contributed by atoms with Crippen molar-refractivity contribution in [3.8, 4) is 5.75 Å². The van der Waals surface area contributed by atoms with Crippen LogP contribution in [0.15, 0.2) is 35.7 Å². The first kappa shape index (κ1) is 24.0. The van der Waals surface area contributed by atoms with E-state index in [2.05, 4.69) is 18.4 Å². The van der Waals surface area contributed by atoms with Gasteiger partial charge in [-0.15, -0.1) is 11.3 Å². The molecule has 1 N–H and O–H groups in total. The Balaban J connectivity index is 1.70. The van der Waals surface area contributed by atoms with Crippen LogP contribution in [0.1, 0.15) is 29.8 Å². The first-order valence-electron chi connectivity index (χ1n) is 10.6. The maximum Gasteiger partial charge on any atom is 0.237 e. The zero-order chi connectivity index (χ0) is 22.2. The number of fused-ring (bicyclic) bond motifs is 1. The number of thiophene rings is 1. The van der Waals surface area contributed by atoms with E-state index in [9.17, 15) is 9.90 Å². The van der Waals surface area contributed by atoms with Gasteiger partial charge in [-0.2, -0.15) is 0 Å². The summed E-state index contributed by atoms with van der Waals surface area (Å²) in [6, 6.07) is 9.24. The van der Waals surface area contributed by atoms with Gasteiger partial charge in [0, 0.05) is 30.1 Å². The maximum absolute atomic E-state index is 13.3. The fourth-order valence-electron chi connectivity index (χ4n) is 3.96. The summed E-state index contributed by atoms with van der Waals surface area (Å²) >= 11 is 7.70. The van der Waals surface area contributed by atoms with Crippen molar-refractivity contribution in [3.63, 3.8) is 0 Å². The van der Waals surface area contributed by atoms with E-state index in [1.165, 1.54) is 10.4 Å². The van der Waals surface area contributed by atoms with Crippen molar-refractivity contribution in [1.82, 2.24) is 9.80 Å². The summed E-state index contributed by atoms with van der Waals surface area (Å²) in [5.41, 5.74) is 1.17. The summed E-state index contributed by atoms with van der Waals surface area (Å²) in [6.07, 6.45) is 1.15. The molecule has 0 bridgehead atoms. The van der Waals surface area contributed by atoms with E-state index in [-0.39, 0.29) is 25.1 Å². The Hall–Kier alpha value is -1.64. The Labute approximate surface area is 193 Å². The average Bonchev–Trinajstić information content (AvgIpc) is 3.22. The Morgan fingerprint density at radius 1 is 1.35 bits per heavy atom. The van der Waals surface area contributed by atoms with Crippen LogP contribution in [0.5, 0.6) is 5.75 Å². The standard InChI is InChI=1S/C23H31ClN2O4S/c1-3-10-25(13-18(27)15-29-2)14-23(28)26-11-8-22-20(9-12-31-22)21(26)16-30-19-6-4-17(24)5-7-19/h4-7,9,12,18,21,27H,3,8,10-11,13-16H2,1-2H3/t18-,21-/m0/s1. The predicted molar refractivity (Wildman–Crippen MR) is 124 cm³/mol. The number of amides is 1. The van der Waals surface area contributed by atoms with E-state index in [0.717, 1.165) is 25.1 Å². The van der Waals surface area contributed by atoms with Gasteiger partial charge in [0.05, 0.1) is 25.3 Å². The molecule has 2 aromatic rings. The van der Waals surface area contributed by atoms with Crippen LogP contribution in [-0.4, -0.2) is 73.4 Å². The Bertz CT molecular complexity index is 829. The van der Waals surface area contributed by atoms with Crippen molar-refractivity contribution in [3.05, 3.63) is 51.2 Å². The second-order valence-electron chi connectivity index (χ2n) is 7.76. The largest absolute Gasteiger partial charge is 0.491 e. The molecule has 3 rings (SSSR count). The van der Waals surface area contributed by atoms with Crippen LogP contribution < -0.4 is 4.74 Å². The van der Waals surface area contributed by atoms with Gasteiger partial charge in [0.25, 0.3) is 0 Å². The minimum Gasteiger partial charge on any atom is -0.491 e. The number of carbonyl (C=O) groups excluding carboxylic acids is 1. The molecular formula is C23H31ClN2O4S. The van der Waals surface area contributed by atoms with E-state index in [4.69, 9.17) is 21.1 Å². The van der Waals surface area contributed by atoms with Crippen LogP contribution in [0.4, 0.5) is 0 Å². The van der Waals surface area contributed by atoms with E-state index in [1.54, 1.807) is 30.6 Å². The van der Waals surface area contributed by atoms with Gasteiger partial charge in [-0.05, 0) is 60.7 Å². The van der Waals surface area contributed by atoms with Crippen molar-refractivity contribution in [1.29, 1.82) is 0 Å². The molecule has 170 valence electrons. The molecule has 1 aliphatic rings. The molecule has 0 unspecified atom stereocenters. The quantitative estimate of drug-likeness (QED) is 0.548. The molecule has 1 aliphatic heterocycles. The van der Waals surface area contributed by atoms with Crippen LogP contribution >= 0.6 is 22.9 Å². The number of methoxy groups -OCH3 is 1. The monoisotopic (exact) mass is 466 g/mol. The van der Waals surface area contributed by atoms with Crippen LogP contribution in [0, 0.1) is 0 Å². The number of rotatable bonds is 11. The Morgan fingerprint density at radius 2 is 2.13 bits per heavy atom. The smallest absolute Gasteiger partial charge is 0.237 e. The van der Waals surface area contributed by atoms with Gasteiger partial charge in [-0.1, -0.05) is 18.5 Å². The van der Waals surface area contributed by atoms with Crippen molar-refractivity contribution >= 4 is 28.8 Å². The van der Waals surface area contributed by atoms with Gasteiger partial charge in [0.2, 0.25) is 5.91 Å². The number of ether oxygens (including phenoxy) is 2. The second-order valence-corrected chi connectivity index (χ2v) is 9.20. The van der Waals surface area contributed by atoms with Crippen LogP contribution in [0.25, 0.3) is 0 Å². The molecule has 0 fully saturated rings. The molecular weight excluding hydrogens is 436 g/mol. The van der Waals surface area contributed by atoms with Crippen LogP contribution in [-0.2, 0) is 16.0 Å². The summed E-state index contributed by atoms with van der Waals surface area (Å²) in [4.78, 5) is 18.6. The van der Waals surface area contributed by atoms with E-state index in [0.29, 0.717) is 24.7 Å². The fraction of sp³-hybridized carbons (Fsp3) is 0.522. The third-order valence-electron chi connectivity index (χ3n) is 5.36. The van der Waals surface area contributed by atoms with Gasteiger partial charge in [0.15, 0.2) is 0 Å². The molecule has 0 saturated carbocycles.